The second-order valence-corrected chi connectivity index (χ2v) is 6.21. The van der Waals surface area contributed by atoms with Gasteiger partial charge in [-0.3, -0.25) is 0 Å². The lowest BCUT2D eigenvalue weighted by Crippen LogP contribution is -2.26. The SMILES string of the molecule is CCCN(CCC)c1cc(NC2CC2)nc(-c2ccccc2)n1. The van der Waals surface area contributed by atoms with Crippen LogP contribution in [0.2, 0.25) is 0 Å². The van der Waals surface area contributed by atoms with Gasteiger partial charge in [-0.25, -0.2) is 9.97 Å². The van der Waals surface area contributed by atoms with E-state index < -0.39 is 0 Å². The van der Waals surface area contributed by atoms with Gasteiger partial charge >= 0.3 is 0 Å². The molecule has 1 aliphatic carbocycles. The van der Waals surface area contributed by atoms with Crippen LogP contribution in [0.4, 0.5) is 11.6 Å². The van der Waals surface area contributed by atoms with Gasteiger partial charge in [0.1, 0.15) is 11.6 Å². The molecule has 1 N–H and O–H groups in total. The number of anilines is 2. The zero-order valence-corrected chi connectivity index (χ0v) is 14.1. The van der Waals surface area contributed by atoms with Gasteiger partial charge in [0.2, 0.25) is 0 Å². The lowest BCUT2D eigenvalue weighted by molar-refractivity contribution is 0.733. The minimum Gasteiger partial charge on any atom is -0.367 e. The smallest absolute Gasteiger partial charge is 0.163 e. The summed E-state index contributed by atoms with van der Waals surface area (Å²) in [5, 5.41) is 3.53. The highest BCUT2D eigenvalue weighted by molar-refractivity contribution is 5.62. The average Bonchev–Trinajstić information content (AvgIpc) is 3.39. The largest absolute Gasteiger partial charge is 0.367 e. The van der Waals surface area contributed by atoms with E-state index in [4.69, 9.17) is 9.97 Å². The minimum atomic E-state index is 0.590. The van der Waals surface area contributed by atoms with Crippen molar-refractivity contribution in [2.45, 2.75) is 45.6 Å². The third-order valence-electron chi connectivity index (χ3n) is 3.99. The Morgan fingerprint density at radius 3 is 2.35 bits per heavy atom. The molecule has 1 heterocycles. The Balaban J connectivity index is 1.96. The van der Waals surface area contributed by atoms with Gasteiger partial charge in [-0.05, 0) is 25.7 Å². The summed E-state index contributed by atoms with van der Waals surface area (Å²) in [6.07, 6.45) is 4.73. The zero-order valence-electron chi connectivity index (χ0n) is 14.1. The van der Waals surface area contributed by atoms with E-state index in [-0.39, 0.29) is 0 Å². The summed E-state index contributed by atoms with van der Waals surface area (Å²) in [6.45, 7) is 6.49. The minimum absolute atomic E-state index is 0.590. The van der Waals surface area contributed by atoms with E-state index in [9.17, 15) is 0 Å². The summed E-state index contributed by atoms with van der Waals surface area (Å²) in [5.41, 5.74) is 1.07. The highest BCUT2D eigenvalue weighted by atomic mass is 15.2. The second kappa shape index (κ2) is 7.44. The Labute approximate surface area is 139 Å². The van der Waals surface area contributed by atoms with Crippen molar-refractivity contribution in [3.05, 3.63) is 36.4 Å². The van der Waals surface area contributed by atoms with E-state index in [1.807, 2.05) is 18.2 Å². The number of hydrogen-bond donors (Lipinski definition) is 1. The van der Waals surface area contributed by atoms with E-state index in [0.29, 0.717) is 6.04 Å². The number of aromatic nitrogens is 2. The van der Waals surface area contributed by atoms with Crippen LogP contribution in [-0.2, 0) is 0 Å². The summed E-state index contributed by atoms with van der Waals surface area (Å²) >= 11 is 0. The van der Waals surface area contributed by atoms with Gasteiger partial charge in [0.05, 0.1) is 0 Å². The van der Waals surface area contributed by atoms with E-state index in [2.05, 4.69) is 42.3 Å². The zero-order chi connectivity index (χ0) is 16.1. The van der Waals surface area contributed by atoms with E-state index in [1.165, 1.54) is 12.8 Å². The molecular formula is C19H26N4. The molecule has 0 bridgehead atoms. The Kier molecular flexibility index (Phi) is 5.11. The van der Waals surface area contributed by atoms with Crippen molar-refractivity contribution in [1.29, 1.82) is 0 Å². The van der Waals surface area contributed by atoms with Crippen molar-refractivity contribution in [2.24, 2.45) is 0 Å². The number of nitrogens with zero attached hydrogens (tertiary/aromatic N) is 3. The Morgan fingerprint density at radius 1 is 1.04 bits per heavy atom. The third kappa shape index (κ3) is 4.21. The Bertz CT molecular complexity index is 617. The first-order chi connectivity index (χ1) is 11.3. The van der Waals surface area contributed by atoms with Crippen molar-refractivity contribution in [3.63, 3.8) is 0 Å². The molecule has 0 saturated heterocycles. The maximum atomic E-state index is 4.84. The molecule has 0 unspecified atom stereocenters. The van der Waals surface area contributed by atoms with Crippen molar-refractivity contribution in [3.8, 4) is 11.4 Å². The first-order valence-electron chi connectivity index (χ1n) is 8.76. The van der Waals surface area contributed by atoms with Gasteiger partial charge in [0.25, 0.3) is 0 Å². The normalized spacial score (nSPS) is 13.8. The maximum absolute atomic E-state index is 4.84. The van der Waals surface area contributed by atoms with Crippen molar-refractivity contribution < 1.29 is 0 Å². The van der Waals surface area contributed by atoms with E-state index >= 15 is 0 Å². The molecule has 122 valence electrons. The van der Waals surface area contributed by atoms with E-state index in [1.54, 1.807) is 0 Å². The fraction of sp³-hybridized carbons (Fsp3) is 0.474. The summed E-state index contributed by atoms with van der Waals surface area (Å²) in [4.78, 5) is 11.9. The van der Waals surface area contributed by atoms with Crippen LogP contribution < -0.4 is 10.2 Å². The maximum Gasteiger partial charge on any atom is 0.163 e. The van der Waals surface area contributed by atoms with Crippen molar-refractivity contribution in [1.82, 2.24) is 9.97 Å². The lowest BCUT2D eigenvalue weighted by atomic mass is 10.2. The van der Waals surface area contributed by atoms with E-state index in [0.717, 1.165) is 49.0 Å². The van der Waals surface area contributed by atoms with Crippen LogP contribution >= 0.6 is 0 Å². The highest BCUT2D eigenvalue weighted by Crippen LogP contribution is 2.27. The average molecular weight is 310 g/mol. The lowest BCUT2D eigenvalue weighted by Gasteiger charge is -2.23. The number of nitrogens with one attached hydrogen (secondary N) is 1. The van der Waals surface area contributed by atoms with Crippen LogP contribution in [-0.4, -0.2) is 29.1 Å². The summed E-state index contributed by atoms with van der Waals surface area (Å²) in [6, 6.07) is 12.9. The quantitative estimate of drug-likeness (QED) is 0.787. The van der Waals surface area contributed by atoms with Gasteiger partial charge in [0, 0.05) is 30.8 Å². The molecule has 1 aromatic heterocycles. The highest BCUT2D eigenvalue weighted by Gasteiger charge is 2.22. The van der Waals surface area contributed by atoms with Crippen molar-refractivity contribution >= 4 is 11.6 Å². The fourth-order valence-electron chi connectivity index (χ4n) is 2.70. The van der Waals surface area contributed by atoms with Crippen LogP contribution in [0, 0.1) is 0 Å². The molecule has 0 spiro atoms. The molecule has 1 saturated carbocycles. The fourth-order valence-corrected chi connectivity index (χ4v) is 2.70. The molecule has 0 aliphatic heterocycles. The first kappa shape index (κ1) is 15.8. The van der Waals surface area contributed by atoms with Gasteiger partial charge < -0.3 is 10.2 Å². The van der Waals surface area contributed by atoms with Crippen molar-refractivity contribution in [2.75, 3.05) is 23.3 Å². The molecular weight excluding hydrogens is 284 g/mol. The molecule has 1 aliphatic rings. The summed E-state index contributed by atoms with van der Waals surface area (Å²) < 4.78 is 0. The molecule has 4 heteroatoms. The van der Waals surface area contributed by atoms with Crippen LogP contribution in [0.15, 0.2) is 36.4 Å². The molecule has 23 heavy (non-hydrogen) atoms. The van der Waals surface area contributed by atoms with Crippen LogP contribution in [0.25, 0.3) is 11.4 Å². The molecule has 1 fully saturated rings. The third-order valence-corrected chi connectivity index (χ3v) is 3.99. The number of rotatable bonds is 8. The monoisotopic (exact) mass is 310 g/mol. The second-order valence-electron chi connectivity index (χ2n) is 6.21. The standard InChI is InChI=1S/C19H26N4/c1-3-12-23(13-4-2)18-14-17(20-16-10-11-16)21-19(22-18)15-8-6-5-7-9-15/h5-9,14,16H,3-4,10-13H2,1-2H3,(H,20,21,22). The van der Waals surface area contributed by atoms with Gasteiger partial charge in [0.15, 0.2) is 5.82 Å². The van der Waals surface area contributed by atoms with Gasteiger partial charge in [-0.2, -0.15) is 0 Å². The summed E-state index contributed by atoms with van der Waals surface area (Å²) in [5.74, 6) is 2.79. The molecule has 3 rings (SSSR count). The Morgan fingerprint density at radius 2 is 1.74 bits per heavy atom. The predicted molar refractivity (Wildman–Crippen MR) is 96.9 cm³/mol. The Hall–Kier alpha value is -2.10. The van der Waals surface area contributed by atoms with Crippen LogP contribution in [0.5, 0.6) is 0 Å². The first-order valence-corrected chi connectivity index (χ1v) is 8.76. The number of benzene rings is 1. The molecule has 0 radical (unpaired) electrons. The van der Waals surface area contributed by atoms with Crippen LogP contribution in [0.1, 0.15) is 39.5 Å². The van der Waals surface area contributed by atoms with Crippen LogP contribution in [0.3, 0.4) is 0 Å². The summed E-state index contributed by atoms with van der Waals surface area (Å²) in [7, 11) is 0. The van der Waals surface area contributed by atoms with Gasteiger partial charge in [-0.1, -0.05) is 44.2 Å². The van der Waals surface area contributed by atoms with Gasteiger partial charge in [-0.15, -0.1) is 0 Å². The predicted octanol–water partition coefficient (Wildman–Crippen LogP) is 4.34. The molecule has 0 atom stereocenters. The topological polar surface area (TPSA) is 41.0 Å². The molecule has 1 aromatic carbocycles. The molecule has 0 amide bonds. The molecule has 2 aromatic rings. The number of hydrogen-bond acceptors (Lipinski definition) is 4. The molecule has 4 nitrogen and oxygen atoms in total.